The number of benzene rings is 1. The Kier molecular flexibility index (Phi) is 2.82. The summed E-state index contributed by atoms with van der Waals surface area (Å²) in [4.78, 5) is 57.5. The van der Waals surface area contributed by atoms with Gasteiger partial charge in [-0.2, -0.15) is 0 Å². The second kappa shape index (κ2) is 3.60. The van der Waals surface area contributed by atoms with Crippen molar-refractivity contribution in [2.24, 2.45) is 0 Å². The normalized spacial score (nSPS) is 12.9. The Morgan fingerprint density at radius 3 is 1.55 bits per heavy atom. The van der Waals surface area contributed by atoms with Crippen LogP contribution in [0.4, 0.5) is 0 Å². The molecule has 1 aromatic carbocycles. The van der Waals surface area contributed by atoms with E-state index in [9.17, 15) is 24.0 Å². The Bertz CT molecular complexity index is 1290. The molecule has 1 aromatic rings. The molecule has 0 radical (unpaired) electrons. The number of rotatable bonds is 2. The Morgan fingerprint density at radius 2 is 1.25 bits per heavy atom. The molecule has 0 aliphatic carbocycles. The van der Waals surface area contributed by atoms with E-state index in [1.54, 1.807) is 6.07 Å². The van der Waals surface area contributed by atoms with Crippen molar-refractivity contribution >= 4 is 25.7 Å². The first-order chi connectivity index (χ1) is 9.34. The van der Waals surface area contributed by atoms with Gasteiger partial charge in [0.15, 0.2) is 0 Å². The molecule has 1 rings (SSSR count). The molecular weight excluding hydrogens is 348 g/mol. The summed E-state index contributed by atoms with van der Waals surface area (Å²) in [5.41, 5.74) is 0.0208. The minimum absolute atomic E-state index is 0.0208. The number of hydrogen-bond donors (Lipinski definition) is 0. The third kappa shape index (κ3) is 1.36. The van der Waals surface area contributed by atoms with Crippen molar-refractivity contribution in [1.82, 2.24) is 0 Å². The molecular formula is C13H9MoO6. The zero-order valence-corrected chi connectivity index (χ0v) is 12.3. The van der Waals surface area contributed by atoms with Gasteiger partial charge in [-0.3, -0.25) is 0 Å². The van der Waals surface area contributed by atoms with Gasteiger partial charge >= 0.3 is 106 Å². The van der Waals surface area contributed by atoms with E-state index in [0.29, 0.717) is 11.5 Å². The van der Waals surface area contributed by atoms with Gasteiger partial charge in [-0.15, -0.1) is 0 Å². The molecule has 0 N–H and O–H groups in total. The molecule has 0 atom stereocenters. The van der Waals surface area contributed by atoms with Gasteiger partial charge in [-0.1, -0.05) is 0 Å². The van der Waals surface area contributed by atoms with Gasteiger partial charge in [0.05, 0.1) is 0 Å². The molecule has 0 amide bonds. The molecule has 0 aromatic heterocycles. The molecule has 0 aliphatic heterocycles. The van der Waals surface area contributed by atoms with Crippen LogP contribution in [0.5, 0.6) is 0 Å². The third-order valence-electron chi connectivity index (χ3n) is 3.04. The molecule has 103 valence electrons. The van der Waals surface area contributed by atoms with Crippen molar-refractivity contribution in [3.63, 3.8) is 0 Å². The average Bonchev–Trinajstić information content (AvgIpc) is 2.56. The summed E-state index contributed by atoms with van der Waals surface area (Å²) in [6, 6.07) is 7.24. The fraction of sp³-hybridized carbons (Fsp3) is 0.0769. The Morgan fingerprint density at radius 1 is 0.850 bits per heavy atom. The predicted molar refractivity (Wildman–Crippen MR) is 67.1 cm³/mol. The van der Waals surface area contributed by atoms with Gasteiger partial charge in [0.25, 0.3) is 0 Å². The Labute approximate surface area is 106 Å². The summed E-state index contributed by atoms with van der Waals surface area (Å²) >= 11 is 0. The van der Waals surface area contributed by atoms with Gasteiger partial charge in [-0.25, -0.2) is 0 Å². The Hall–Kier alpha value is -2.36. The van der Waals surface area contributed by atoms with Crippen LogP contribution in [0, 0.1) is 0 Å². The molecule has 0 fully saturated rings. The van der Waals surface area contributed by atoms with Gasteiger partial charge < -0.3 is 0 Å². The van der Waals surface area contributed by atoms with Crippen LogP contribution in [0.1, 0.15) is 5.56 Å². The monoisotopic (exact) mass is 359 g/mol. The first-order valence-electron chi connectivity index (χ1n) is 5.05. The molecule has 0 spiro atoms. The van der Waals surface area contributed by atoms with Crippen molar-refractivity contribution in [3.05, 3.63) is 35.9 Å². The average molecular weight is 357 g/mol. The quantitative estimate of drug-likeness (QED) is 0.662. The van der Waals surface area contributed by atoms with Crippen molar-refractivity contribution in [2.75, 3.05) is 7.11 Å². The van der Waals surface area contributed by atoms with Crippen LogP contribution in [0.3, 0.4) is 0 Å². The second-order valence-corrected chi connectivity index (χ2v) is 18.1. The van der Waals surface area contributed by atoms with Crippen LogP contribution in [0.25, 0.3) is 0 Å². The van der Waals surface area contributed by atoms with Crippen molar-refractivity contribution < 1.29 is 37.3 Å². The first-order valence-corrected chi connectivity index (χ1v) is 12.0. The van der Waals surface area contributed by atoms with E-state index in [1.807, 2.05) is 0 Å². The molecule has 0 heterocycles. The van der Waals surface area contributed by atoms with Gasteiger partial charge in [0.2, 0.25) is 0 Å². The molecule has 6 nitrogen and oxygen atoms in total. The fourth-order valence-electron chi connectivity index (χ4n) is 1.44. The molecule has 0 unspecified atom stereocenters. The topological polar surface area (TPSA) is 94.6 Å². The van der Waals surface area contributed by atoms with Crippen molar-refractivity contribution in [1.29, 1.82) is 0 Å². The van der Waals surface area contributed by atoms with Crippen LogP contribution < -0.4 is 0 Å². The SMILES string of the molecule is C[O][Mo](=[C]=O)(=[C]=O)(=[C]=O)(=[C]=O)(=[C]=O)=[CH]c1ccccc1. The van der Waals surface area contributed by atoms with Crippen LogP contribution in [0.2, 0.25) is 0 Å². The maximum absolute atomic E-state index is 11.5. The van der Waals surface area contributed by atoms with E-state index in [4.69, 9.17) is 0 Å². The second-order valence-electron chi connectivity index (χ2n) is 4.23. The van der Waals surface area contributed by atoms with Gasteiger partial charge in [0, 0.05) is 0 Å². The van der Waals surface area contributed by atoms with Crippen LogP contribution in [-0.4, -0.2) is 32.8 Å². The summed E-state index contributed by atoms with van der Waals surface area (Å²) in [6.45, 7) is 0. The fourth-order valence-corrected chi connectivity index (χ4v) is 6.27. The summed E-state index contributed by atoms with van der Waals surface area (Å²) in [7, 11) is -7.54. The van der Waals surface area contributed by atoms with Crippen molar-refractivity contribution in [3.8, 4) is 0 Å². The van der Waals surface area contributed by atoms with Crippen LogP contribution >= 0.6 is 0 Å². The predicted octanol–water partition coefficient (Wildman–Crippen LogP) is -0.505. The third-order valence-corrected chi connectivity index (χ3v) is 14.0. The zero-order chi connectivity index (χ0) is 15.4. The number of hydrogen-bond acceptors (Lipinski definition) is 6. The van der Waals surface area contributed by atoms with E-state index >= 15 is 0 Å². The maximum atomic E-state index is 11.5. The first kappa shape index (κ1) is 15.7. The summed E-state index contributed by atoms with van der Waals surface area (Å²) < 4.78 is 9.72. The van der Waals surface area contributed by atoms with Gasteiger partial charge in [0.1, 0.15) is 0 Å². The standard InChI is InChI=1S/C7H6.CH3O.5CO.Mo/c1-7-5-3-2-4-6-7;6*1-2;/h1-6H;1H3;;;;;;/q;-1;;;;;;+1. The van der Waals surface area contributed by atoms with E-state index in [-0.39, 0.29) is 5.56 Å². The van der Waals surface area contributed by atoms with E-state index in [2.05, 4.69) is 3.39 Å². The van der Waals surface area contributed by atoms with Crippen LogP contribution in [-0.2, 0) is 37.3 Å². The molecule has 0 saturated carbocycles. The molecule has 7 heteroatoms. The molecule has 20 heavy (non-hydrogen) atoms. The number of carbonyl (C=O) groups excluding carboxylic acids is 5. The summed E-state index contributed by atoms with van der Waals surface area (Å²) in [5.74, 6) is 0. The van der Waals surface area contributed by atoms with Gasteiger partial charge in [-0.05, 0) is 0 Å². The van der Waals surface area contributed by atoms with E-state index in [0.717, 1.165) is 21.3 Å². The zero-order valence-electron chi connectivity index (χ0n) is 10.3. The van der Waals surface area contributed by atoms with E-state index in [1.165, 1.54) is 24.3 Å². The molecule has 0 bridgehead atoms. The minimum atomic E-state index is -8.21. The Balaban J connectivity index is 5.37. The molecule has 0 aliphatic rings. The summed E-state index contributed by atoms with van der Waals surface area (Å²) in [5, 5.41) is 0. The molecule has 0 saturated heterocycles. The van der Waals surface area contributed by atoms with Crippen LogP contribution in [0.15, 0.2) is 30.3 Å². The van der Waals surface area contributed by atoms with E-state index < -0.39 is 9.92 Å². The van der Waals surface area contributed by atoms with Crippen molar-refractivity contribution in [2.45, 2.75) is 0 Å². The summed E-state index contributed by atoms with van der Waals surface area (Å²) in [6.07, 6.45) is 0.